The number of nitrogens with one attached hydrogen (secondary N) is 1. The summed E-state index contributed by atoms with van der Waals surface area (Å²) in [5, 5.41) is 15.1. The van der Waals surface area contributed by atoms with Crippen LogP contribution in [0.2, 0.25) is 10.0 Å². The molecule has 3 aromatic rings. The maximum absolute atomic E-state index is 13.8. The summed E-state index contributed by atoms with van der Waals surface area (Å²) < 4.78 is 53.3. The second-order valence-corrected chi connectivity index (χ2v) is 7.28. The smallest absolute Gasteiger partial charge is 0.284 e. The number of hydrogen-bond donors (Lipinski definition) is 2. The lowest BCUT2D eigenvalue weighted by Gasteiger charge is -2.17. The van der Waals surface area contributed by atoms with Crippen molar-refractivity contribution in [1.29, 1.82) is 0 Å². The molecule has 0 spiro atoms. The van der Waals surface area contributed by atoms with Crippen molar-refractivity contribution < 1.29 is 27.5 Å². The zero-order valence-electron chi connectivity index (χ0n) is 15.8. The first-order valence-corrected chi connectivity index (χ1v) is 9.61. The topological polar surface area (TPSA) is 84.2 Å². The van der Waals surface area contributed by atoms with E-state index in [9.17, 15) is 27.2 Å². The van der Waals surface area contributed by atoms with Crippen LogP contribution in [0, 0.1) is 5.82 Å². The zero-order chi connectivity index (χ0) is 23.6. The summed E-state index contributed by atoms with van der Waals surface area (Å²) in [6.45, 7) is 0. The third-order valence-electron chi connectivity index (χ3n) is 4.25. The number of alkyl halides is 3. The molecule has 0 aliphatic rings. The summed E-state index contributed by atoms with van der Waals surface area (Å²) in [6.07, 6.45) is -9.13. The molecule has 0 radical (unpaired) electrons. The summed E-state index contributed by atoms with van der Waals surface area (Å²) in [6, 6.07) is 9.96. The van der Waals surface area contributed by atoms with Crippen molar-refractivity contribution in [1.82, 2.24) is 15.1 Å². The van der Waals surface area contributed by atoms with Gasteiger partial charge in [0.25, 0.3) is 17.9 Å². The van der Waals surface area contributed by atoms with Crippen LogP contribution >= 0.6 is 23.2 Å². The molecule has 0 aliphatic carbocycles. The third-order valence-corrected chi connectivity index (χ3v) is 4.99. The fourth-order valence-corrected chi connectivity index (χ4v) is 2.95. The number of carbonyl (C=O) groups is 1. The lowest BCUT2D eigenvalue weighted by molar-refractivity contribution is -0.0551. The molecule has 32 heavy (non-hydrogen) atoms. The summed E-state index contributed by atoms with van der Waals surface area (Å²) in [5.41, 5.74) is -1.56. The van der Waals surface area contributed by atoms with Crippen molar-refractivity contribution in [2.24, 2.45) is 0 Å². The van der Waals surface area contributed by atoms with E-state index in [1.807, 2.05) is 0 Å². The van der Waals surface area contributed by atoms with Gasteiger partial charge in [-0.25, -0.2) is 17.6 Å². The van der Waals surface area contributed by atoms with Crippen LogP contribution in [0.5, 0.6) is 0 Å². The molecule has 2 N–H and O–H groups in total. The quantitative estimate of drug-likeness (QED) is 0.405. The van der Waals surface area contributed by atoms with Crippen LogP contribution in [0.3, 0.4) is 0 Å². The molecule has 1 amide bonds. The highest BCUT2D eigenvalue weighted by molar-refractivity contribution is 6.42. The van der Waals surface area contributed by atoms with E-state index in [1.54, 1.807) is 0 Å². The van der Waals surface area contributed by atoms with E-state index in [0.29, 0.717) is 10.2 Å². The van der Waals surface area contributed by atoms with E-state index in [0.717, 1.165) is 18.2 Å². The van der Waals surface area contributed by atoms with E-state index < -0.39 is 41.7 Å². The highest BCUT2D eigenvalue weighted by atomic mass is 35.5. The second-order valence-electron chi connectivity index (χ2n) is 6.47. The number of hydrogen-bond acceptors (Lipinski definition) is 4. The van der Waals surface area contributed by atoms with E-state index >= 15 is 0 Å². The predicted molar refractivity (Wildman–Crippen MR) is 110 cm³/mol. The van der Waals surface area contributed by atoms with Gasteiger partial charge in [0.15, 0.2) is 6.10 Å². The second kappa shape index (κ2) is 9.68. The molecule has 1 aromatic heterocycles. The third kappa shape index (κ3) is 5.09. The summed E-state index contributed by atoms with van der Waals surface area (Å²) >= 11 is 11.9. The predicted octanol–water partition coefficient (Wildman–Crippen LogP) is 4.00. The summed E-state index contributed by atoms with van der Waals surface area (Å²) in [7, 11) is 0. The van der Waals surface area contributed by atoms with Crippen molar-refractivity contribution in [3.8, 4) is 16.9 Å². The first-order valence-electron chi connectivity index (χ1n) is 8.85. The Bertz CT molecular complexity index is 1220. The van der Waals surface area contributed by atoms with Gasteiger partial charge in [0.1, 0.15) is 11.4 Å². The van der Waals surface area contributed by atoms with E-state index in [-0.39, 0.29) is 21.4 Å². The first-order chi connectivity index (χ1) is 15.1. The van der Waals surface area contributed by atoms with Crippen LogP contribution in [-0.4, -0.2) is 39.6 Å². The Balaban J connectivity index is 2.15. The minimum absolute atomic E-state index is 0.0117. The van der Waals surface area contributed by atoms with Gasteiger partial charge in [-0.15, -0.1) is 0 Å². The molecule has 12 heteroatoms. The molecule has 3 rings (SSSR count). The monoisotopic (exact) mass is 489 g/mol. The van der Waals surface area contributed by atoms with Crippen LogP contribution in [-0.2, 0) is 0 Å². The number of aliphatic hydroxyl groups is 1. The first kappa shape index (κ1) is 23.7. The van der Waals surface area contributed by atoms with E-state index in [2.05, 4.69) is 5.10 Å². The van der Waals surface area contributed by atoms with Gasteiger partial charge in [-0.2, -0.15) is 9.78 Å². The van der Waals surface area contributed by atoms with Gasteiger partial charge in [0, 0.05) is 5.56 Å². The number of nitrogens with zero attached hydrogens (tertiary/aromatic N) is 2. The molecule has 6 nitrogen and oxygen atoms in total. The van der Waals surface area contributed by atoms with Gasteiger partial charge >= 0.3 is 0 Å². The molecule has 2 aromatic carbocycles. The molecular formula is C20H13Cl2F4N3O3. The van der Waals surface area contributed by atoms with Gasteiger partial charge in [-0.3, -0.25) is 9.59 Å². The minimum atomic E-state index is -3.47. The van der Waals surface area contributed by atoms with Crippen molar-refractivity contribution in [3.05, 3.63) is 80.3 Å². The van der Waals surface area contributed by atoms with Crippen molar-refractivity contribution in [3.63, 3.8) is 0 Å². The van der Waals surface area contributed by atoms with Crippen molar-refractivity contribution in [2.75, 3.05) is 0 Å². The molecule has 2 atom stereocenters. The normalized spacial score (nSPS) is 13.1. The molecule has 0 saturated heterocycles. The molecule has 1 heterocycles. The van der Waals surface area contributed by atoms with Crippen LogP contribution < -0.4 is 10.9 Å². The van der Waals surface area contributed by atoms with Crippen molar-refractivity contribution in [2.45, 2.75) is 18.8 Å². The largest absolute Gasteiger partial charge is 0.382 e. The van der Waals surface area contributed by atoms with Crippen LogP contribution in [0.15, 0.2) is 53.3 Å². The Morgan fingerprint density at radius 2 is 1.78 bits per heavy atom. The lowest BCUT2D eigenvalue weighted by atomic mass is 10.1. The van der Waals surface area contributed by atoms with Crippen molar-refractivity contribution >= 4 is 29.1 Å². The number of aliphatic hydroxyl groups excluding tert-OH is 1. The average Bonchev–Trinajstić information content (AvgIpc) is 2.75. The average molecular weight is 490 g/mol. The summed E-state index contributed by atoms with van der Waals surface area (Å²) in [5.74, 6) is -2.10. The summed E-state index contributed by atoms with van der Waals surface area (Å²) in [4.78, 5) is 25.3. The van der Waals surface area contributed by atoms with Crippen LogP contribution in [0.4, 0.5) is 17.6 Å². The molecular weight excluding hydrogens is 477 g/mol. The maximum atomic E-state index is 13.8. The fourth-order valence-electron chi connectivity index (χ4n) is 2.65. The van der Waals surface area contributed by atoms with Gasteiger partial charge < -0.3 is 10.4 Å². The van der Waals surface area contributed by atoms with Gasteiger partial charge in [-0.05, 0) is 36.4 Å². The highest BCUT2D eigenvalue weighted by Gasteiger charge is 2.30. The molecule has 0 aliphatic heterocycles. The maximum Gasteiger partial charge on any atom is 0.284 e. The van der Waals surface area contributed by atoms with Gasteiger partial charge in [-0.1, -0.05) is 35.3 Å². The zero-order valence-corrected chi connectivity index (χ0v) is 17.3. The Morgan fingerprint density at radius 1 is 1.06 bits per heavy atom. The fraction of sp³-hybridized carbons (Fsp3) is 0.150. The molecule has 0 fully saturated rings. The number of benzene rings is 2. The minimum Gasteiger partial charge on any atom is -0.382 e. The van der Waals surface area contributed by atoms with Crippen LogP contribution in [0.1, 0.15) is 10.4 Å². The molecule has 0 saturated carbocycles. The number of rotatable bonds is 6. The number of amides is 1. The number of carbonyl (C=O) groups excluding carboxylic acids is 1. The Kier molecular flexibility index (Phi) is 7.17. The molecule has 1 unspecified atom stereocenters. The van der Waals surface area contributed by atoms with Crippen LogP contribution in [0.25, 0.3) is 16.9 Å². The number of aromatic nitrogens is 2. The lowest BCUT2D eigenvalue weighted by Crippen LogP contribution is -2.45. The Morgan fingerprint density at radius 3 is 2.41 bits per heavy atom. The van der Waals surface area contributed by atoms with E-state index in [1.165, 1.54) is 35.6 Å². The SMILES string of the molecule is O=C(NC(F)[C@H](O)C(F)F)c1cc(-c2ccc(Cl)c(Cl)c2)nn(-c2cccc(F)c2)c1=O. The molecule has 168 valence electrons. The Hall–Kier alpha value is -2.95. The Labute approximate surface area is 188 Å². The number of halogens is 6. The van der Waals surface area contributed by atoms with Gasteiger partial charge in [0.05, 0.1) is 21.4 Å². The standard InChI is InChI=1S/C20H13Cl2F4N3O3/c21-13-5-4-9(6-14(13)22)15-8-12(19(31)27-18(26)16(30)17(24)25)20(32)29(28-15)11-3-1-2-10(23)7-11/h1-8,16-18,30H,(H,27,31)/t16-,18?/m1/s1. The van der Waals surface area contributed by atoms with E-state index in [4.69, 9.17) is 28.3 Å². The van der Waals surface area contributed by atoms with Gasteiger partial charge in [0.2, 0.25) is 6.30 Å². The highest BCUT2D eigenvalue weighted by Crippen LogP contribution is 2.28. The molecule has 0 bridgehead atoms.